The minimum Gasteiger partial charge on any atom is -0.378 e. The lowest BCUT2D eigenvalue weighted by Gasteiger charge is -2.40. The number of amides is 1. The van der Waals surface area contributed by atoms with Gasteiger partial charge in [-0.15, -0.1) is 11.6 Å². The zero-order chi connectivity index (χ0) is 10.6. The van der Waals surface area contributed by atoms with Crippen LogP contribution < -0.4 is 0 Å². The second kappa shape index (κ2) is 4.99. The molecule has 0 aromatic rings. The zero-order valence-electron chi connectivity index (χ0n) is 8.88. The molecule has 1 aliphatic carbocycles. The topological polar surface area (TPSA) is 29.5 Å². The number of hydrogen-bond acceptors (Lipinski definition) is 2. The second-order valence-electron chi connectivity index (χ2n) is 3.92. The summed E-state index contributed by atoms with van der Waals surface area (Å²) in [4.78, 5) is 13.4. The normalized spacial score (nSPS) is 18.8. The molecule has 0 atom stereocenters. The summed E-state index contributed by atoms with van der Waals surface area (Å²) >= 11 is 5.57. The smallest absolute Gasteiger partial charge is 0.225 e. The summed E-state index contributed by atoms with van der Waals surface area (Å²) < 4.78 is 5.39. The number of alkyl halides is 1. The van der Waals surface area contributed by atoms with E-state index in [9.17, 15) is 4.79 Å². The number of methoxy groups -OCH3 is 1. The van der Waals surface area contributed by atoms with Gasteiger partial charge in [-0.3, -0.25) is 4.79 Å². The van der Waals surface area contributed by atoms with Crippen LogP contribution >= 0.6 is 11.6 Å². The van der Waals surface area contributed by atoms with E-state index in [0.29, 0.717) is 18.8 Å². The van der Waals surface area contributed by atoms with Crippen molar-refractivity contribution in [2.24, 2.45) is 0 Å². The van der Waals surface area contributed by atoms with E-state index in [-0.39, 0.29) is 11.5 Å². The van der Waals surface area contributed by atoms with Crippen molar-refractivity contribution in [3.8, 4) is 0 Å². The molecule has 0 unspecified atom stereocenters. The summed E-state index contributed by atoms with van der Waals surface area (Å²) in [5, 5.41) is 0. The number of rotatable bonds is 5. The number of carbonyl (C=O) groups excluding carboxylic acids is 1. The lowest BCUT2D eigenvalue weighted by molar-refractivity contribution is -0.142. The Morgan fingerprint density at radius 2 is 2.21 bits per heavy atom. The van der Waals surface area contributed by atoms with E-state index in [2.05, 4.69) is 0 Å². The maximum atomic E-state index is 11.7. The number of halogens is 1. The van der Waals surface area contributed by atoms with Gasteiger partial charge in [0.1, 0.15) is 0 Å². The number of ether oxygens (including phenoxy) is 1. The van der Waals surface area contributed by atoms with Gasteiger partial charge in [-0.1, -0.05) is 0 Å². The third-order valence-electron chi connectivity index (χ3n) is 3.02. The van der Waals surface area contributed by atoms with E-state index in [1.54, 1.807) is 19.1 Å². The molecule has 0 aliphatic heterocycles. The molecular formula is C10H18ClNO2. The molecule has 1 amide bonds. The van der Waals surface area contributed by atoms with Crippen molar-refractivity contribution in [2.75, 3.05) is 26.6 Å². The molecule has 0 radical (unpaired) electrons. The van der Waals surface area contributed by atoms with Crippen LogP contribution in [0.4, 0.5) is 0 Å². The van der Waals surface area contributed by atoms with Gasteiger partial charge in [0.05, 0.1) is 12.0 Å². The van der Waals surface area contributed by atoms with Crippen molar-refractivity contribution in [1.82, 2.24) is 4.90 Å². The van der Waals surface area contributed by atoms with Gasteiger partial charge in [0.25, 0.3) is 0 Å². The van der Waals surface area contributed by atoms with E-state index >= 15 is 0 Å². The Balaban J connectivity index is 2.38. The Morgan fingerprint density at radius 3 is 2.57 bits per heavy atom. The molecule has 1 saturated carbocycles. The average Bonchev–Trinajstić information content (AvgIpc) is 2.11. The first-order valence-corrected chi connectivity index (χ1v) is 5.52. The van der Waals surface area contributed by atoms with Gasteiger partial charge < -0.3 is 9.64 Å². The van der Waals surface area contributed by atoms with Crippen LogP contribution in [0.25, 0.3) is 0 Å². The van der Waals surface area contributed by atoms with Crippen LogP contribution in [0.1, 0.15) is 25.7 Å². The zero-order valence-corrected chi connectivity index (χ0v) is 9.64. The van der Waals surface area contributed by atoms with Crippen LogP contribution in [0, 0.1) is 0 Å². The molecule has 0 heterocycles. The fourth-order valence-corrected chi connectivity index (χ4v) is 1.94. The first kappa shape index (κ1) is 11.8. The van der Waals surface area contributed by atoms with Gasteiger partial charge in [-0.25, -0.2) is 0 Å². The molecule has 0 spiro atoms. The number of hydrogen-bond donors (Lipinski definition) is 0. The minimum atomic E-state index is -0.169. The summed E-state index contributed by atoms with van der Waals surface area (Å²) in [6.07, 6.45) is 3.67. The molecule has 1 aliphatic rings. The summed E-state index contributed by atoms with van der Waals surface area (Å²) in [6.45, 7) is 0.611. The van der Waals surface area contributed by atoms with Crippen LogP contribution in [0.5, 0.6) is 0 Å². The summed E-state index contributed by atoms with van der Waals surface area (Å²) in [7, 11) is 3.47. The van der Waals surface area contributed by atoms with Gasteiger partial charge in [-0.2, -0.15) is 0 Å². The summed E-state index contributed by atoms with van der Waals surface area (Å²) in [5.74, 6) is 0.620. The Kier molecular flexibility index (Phi) is 4.20. The molecule has 0 aromatic carbocycles. The Labute approximate surface area is 90.4 Å². The largest absolute Gasteiger partial charge is 0.378 e. The minimum absolute atomic E-state index is 0.132. The third-order valence-corrected chi connectivity index (χ3v) is 3.19. The molecule has 0 N–H and O–H groups in total. The average molecular weight is 220 g/mol. The van der Waals surface area contributed by atoms with Crippen LogP contribution in [0.3, 0.4) is 0 Å². The van der Waals surface area contributed by atoms with E-state index in [1.165, 1.54) is 6.42 Å². The van der Waals surface area contributed by atoms with Crippen LogP contribution in [-0.2, 0) is 9.53 Å². The molecule has 1 rings (SSSR count). The Hall–Kier alpha value is -0.280. The molecule has 82 valence electrons. The monoisotopic (exact) mass is 219 g/mol. The van der Waals surface area contributed by atoms with Crippen LogP contribution in [-0.4, -0.2) is 43.0 Å². The Morgan fingerprint density at radius 1 is 1.57 bits per heavy atom. The van der Waals surface area contributed by atoms with Crippen molar-refractivity contribution >= 4 is 17.5 Å². The lowest BCUT2D eigenvalue weighted by Crippen LogP contribution is -2.44. The highest BCUT2D eigenvalue weighted by atomic mass is 35.5. The van der Waals surface area contributed by atoms with Gasteiger partial charge in [-0.05, 0) is 19.3 Å². The predicted molar refractivity (Wildman–Crippen MR) is 56.6 cm³/mol. The van der Waals surface area contributed by atoms with E-state index in [0.717, 1.165) is 12.8 Å². The van der Waals surface area contributed by atoms with Crippen molar-refractivity contribution in [2.45, 2.75) is 31.3 Å². The van der Waals surface area contributed by atoms with E-state index < -0.39 is 0 Å². The van der Waals surface area contributed by atoms with Crippen molar-refractivity contribution in [1.29, 1.82) is 0 Å². The molecule has 0 saturated heterocycles. The van der Waals surface area contributed by atoms with Crippen molar-refractivity contribution in [3.05, 3.63) is 0 Å². The lowest BCUT2D eigenvalue weighted by atomic mass is 9.77. The van der Waals surface area contributed by atoms with Gasteiger partial charge >= 0.3 is 0 Å². The highest BCUT2D eigenvalue weighted by molar-refractivity contribution is 6.18. The fourth-order valence-electron chi connectivity index (χ4n) is 1.69. The van der Waals surface area contributed by atoms with Crippen molar-refractivity contribution in [3.63, 3.8) is 0 Å². The van der Waals surface area contributed by atoms with Crippen LogP contribution in [0.15, 0.2) is 0 Å². The predicted octanol–water partition coefficient (Wildman–Crippen LogP) is 1.64. The second-order valence-corrected chi connectivity index (χ2v) is 4.30. The van der Waals surface area contributed by atoms with Gasteiger partial charge in [0, 0.05) is 26.6 Å². The molecule has 14 heavy (non-hydrogen) atoms. The fraction of sp³-hybridized carbons (Fsp3) is 0.900. The molecule has 4 heteroatoms. The highest BCUT2D eigenvalue weighted by Gasteiger charge is 2.39. The molecule has 0 aromatic heterocycles. The first-order chi connectivity index (χ1) is 6.63. The number of carbonyl (C=O) groups is 1. The SMILES string of the molecule is COC1(CC(=O)N(C)CCCl)CCC1. The highest BCUT2D eigenvalue weighted by Crippen LogP contribution is 2.38. The van der Waals surface area contributed by atoms with Gasteiger partial charge in [0.15, 0.2) is 0 Å². The third kappa shape index (κ3) is 2.61. The van der Waals surface area contributed by atoms with E-state index in [1.807, 2.05) is 0 Å². The first-order valence-electron chi connectivity index (χ1n) is 4.99. The maximum absolute atomic E-state index is 11.7. The van der Waals surface area contributed by atoms with Crippen molar-refractivity contribution < 1.29 is 9.53 Å². The summed E-state index contributed by atoms with van der Waals surface area (Å²) in [6, 6.07) is 0. The van der Waals surface area contributed by atoms with Crippen LogP contribution in [0.2, 0.25) is 0 Å². The van der Waals surface area contributed by atoms with Gasteiger partial charge in [0.2, 0.25) is 5.91 Å². The number of nitrogens with zero attached hydrogens (tertiary/aromatic N) is 1. The molecular weight excluding hydrogens is 202 g/mol. The maximum Gasteiger partial charge on any atom is 0.225 e. The van der Waals surface area contributed by atoms with E-state index in [4.69, 9.17) is 16.3 Å². The standard InChI is InChI=1S/C10H18ClNO2/c1-12(7-6-11)9(13)8-10(14-2)4-3-5-10/h3-8H2,1-2H3. The molecule has 3 nitrogen and oxygen atoms in total. The Bertz CT molecular complexity index is 199. The summed E-state index contributed by atoms with van der Waals surface area (Å²) in [5.41, 5.74) is -0.169. The quantitative estimate of drug-likeness (QED) is 0.658. The molecule has 1 fully saturated rings. The molecule has 0 bridgehead atoms.